The normalized spacial score (nSPS) is 10.5. The number of nitrogens with one attached hydrogen (secondary N) is 2. The van der Waals surface area contributed by atoms with Crippen LogP contribution in [0.1, 0.15) is 16.1 Å². The standard InChI is InChI=1S/C16H14N4O3S/c21-14(7-8-17-15(22)13-6-3-9-24-13)19-20-10-18-12-5-2-1-4-11(12)16(20)23/h1-6,9-10H,7-8H2,(H,17,22)(H,19,21). The van der Waals surface area contributed by atoms with Gasteiger partial charge in [-0.15, -0.1) is 11.3 Å². The van der Waals surface area contributed by atoms with E-state index in [4.69, 9.17) is 0 Å². The molecule has 0 saturated carbocycles. The summed E-state index contributed by atoms with van der Waals surface area (Å²) >= 11 is 1.33. The molecule has 2 aromatic heterocycles. The van der Waals surface area contributed by atoms with Crippen LogP contribution in [-0.4, -0.2) is 28.0 Å². The molecular formula is C16H14N4O3S. The summed E-state index contributed by atoms with van der Waals surface area (Å²) in [6.45, 7) is 0.179. The minimum atomic E-state index is -0.388. The Labute approximate surface area is 140 Å². The topological polar surface area (TPSA) is 93.1 Å². The predicted molar refractivity (Wildman–Crippen MR) is 91.6 cm³/mol. The van der Waals surface area contributed by atoms with Crippen LogP contribution >= 0.6 is 11.3 Å². The monoisotopic (exact) mass is 342 g/mol. The summed E-state index contributed by atoms with van der Waals surface area (Å²) in [6, 6.07) is 10.4. The van der Waals surface area contributed by atoms with E-state index in [1.807, 2.05) is 0 Å². The van der Waals surface area contributed by atoms with Crippen molar-refractivity contribution in [3.8, 4) is 0 Å². The van der Waals surface area contributed by atoms with Crippen LogP contribution in [-0.2, 0) is 4.79 Å². The molecule has 3 aromatic rings. The number of amides is 2. The minimum Gasteiger partial charge on any atom is -0.351 e. The summed E-state index contributed by atoms with van der Waals surface area (Å²) < 4.78 is 1.05. The number of hydrogen-bond acceptors (Lipinski definition) is 5. The molecule has 2 N–H and O–H groups in total. The molecule has 2 heterocycles. The van der Waals surface area contributed by atoms with Crippen LogP contribution in [0.4, 0.5) is 0 Å². The van der Waals surface area contributed by atoms with E-state index >= 15 is 0 Å². The summed E-state index contributed by atoms with van der Waals surface area (Å²) in [5, 5.41) is 4.88. The number of fused-ring (bicyclic) bond motifs is 1. The van der Waals surface area contributed by atoms with E-state index in [1.54, 1.807) is 41.8 Å². The van der Waals surface area contributed by atoms with Crippen molar-refractivity contribution in [2.75, 3.05) is 12.0 Å². The lowest BCUT2D eigenvalue weighted by atomic mass is 10.2. The molecule has 0 radical (unpaired) electrons. The van der Waals surface area contributed by atoms with Crippen molar-refractivity contribution in [3.63, 3.8) is 0 Å². The molecule has 24 heavy (non-hydrogen) atoms. The number of nitrogens with zero attached hydrogens (tertiary/aromatic N) is 2. The number of aromatic nitrogens is 2. The third kappa shape index (κ3) is 3.49. The van der Waals surface area contributed by atoms with Gasteiger partial charge >= 0.3 is 0 Å². The van der Waals surface area contributed by atoms with Gasteiger partial charge in [0, 0.05) is 13.0 Å². The first kappa shape index (κ1) is 15.9. The fraction of sp³-hybridized carbons (Fsp3) is 0.125. The summed E-state index contributed by atoms with van der Waals surface area (Å²) in [5.74, 6) is -0.608. The van der Waals surface area contributed by atoms with Crippen molar-refractivity contribution in [1.29, 1.82) is 0 Å². The number of para-hydroxylation sites is 1. The van der Waals surface area contributed by atoms with Crippen LogP contribution in [0.2, 0.25) is 0 Å². The smallest absolute Gasteiger partial charge is 0.280 e. The van der Waals surface area contributed by atoms with Gasteiger partial charge in [-0.3, -0.25) is 19.8 Å². The molecule has 3 rings (SSSR count). The molecule has 0 bridgehead atoms. The van der Waals surface area contributed by atoms with E-state index < -0.39 is 0 Å². The highest BCUT2D eigenvalue weighted by Gasteiger charge is 2.09. The average molecular weight is 342 g/mol. The number of carbonyl (C=O) groups excluding carboxylic acids is 2. The van der Waals surface area contributed by atoms with Gasteiger partial charge in [-0.1, -0.05) is 18.2 Å². The molecule has 0 aliphatic rings. The van der Waals surface area contributed by atoms with Crippen molar-refractivity contribution in [2.45, 2.75) is 6.42 Å². The van der Waals surface area contributed by atoms with Gasteiger partial charge in [0.15, 0.2) is 0 Å². The van der Waals surface area contributed by atoms with Crippen molar-refractivity contribution >= 4 is 34.1 Å². The lowest BCUT2D eigenvalue weighted by Gasteiger charge is -2.08. The quantitative estimate of drug-likeness (QED) is 0.732. The lowest BCUT2D eigenvalue weighted by molar-refractivity contribution is -0.117. The highest BCUT2D eigenvalue weighted by Crippen LogP contribution is 2.07. The molecule has 0 fully saturated rings. The van der Waals surface area contributed by atoms with Gasteiger partial charge < -0.3 is 5.32 Å². The zero-order valence-electron chi connectivity index (χ0n) is 12.6. The molecule has 0 atom stereocenters. The fourth-order valence-corrected chi connectivity index (χ4v) is 2.76. The second-order valence-electron chi connectivity index (χ2n) is 4.96. The summed E-state index contributed by atoms with van der Waals surface area (Å²) in [7, 11) is 0. The Bertz CT molecular complexity index is 934. The summed E-state index contributed by atoms with van der Waals surface area (Å²) in [5.41, 5.74) is 2.68. The molecule has 122 valence electrons. The first-order valence-electron chi connectivity index (χ1n) is 7.23. The second-order valence-corrected chi connectivity index (χ2v) is 5.90. The highest BCUT2D eigenvalue weighted by atomic mass is 32.1. The first-order chi connectivity index (χ1) is 11.6. The fourth-order valence-electron chi connectivity index (χ4n) is 2.12. The van der Waals surface area contributed by atoms with Crippen LogP contribution in [0.5, 0.6) is 0 Å². The van der Waals surface area contributed by atoms with E-state index in [1.165, 1.54) is 17.7 Å². The van der Waals surface area contributed by atoms with Gasteiger partial charge in [0.1, 0.15) is 6.33 Å². The molecule has 1 aromatic carbocycles. The molecular weight excluding hydrogens is 328 g/mol. The Balaban J connectivity index is 1.58. The molecule has 0 unspecified atom stereocenters. The zero-order chi connectivity index (χ0) is 16.9. The Hall–Kier alpha value is -3.00. The van der Waals surface area contributed by atoms with Crippen LogP contribution in [0.25, 0.3) is 10.9 Å². The van der Waals surface area contributed by atoms with Crippen LogP contribution < -0.4 is 16.3 Å². The summed E-state index contributed by atoms with van der Waals surface area (Å²) in [6.07, 6.45) is 1.32. The third-order valence-corrected chi connectivity index (χ3v) is 4.16. The maximum absolute atomic E-state index is 12.2. The minimum absolute atomic E-state index is 0.0520. The summed E-state index contributed by atoms with van der Waals surface area (Å²) in [4.78, 5) is 40.6. The SMILES string of the molecule is O=C(CCNC(=O)c1cccs1)Nn1cnc2ccccc2c1=O. The van der Waals surface area contributed by atoms with Crippen LogP contribution in [0.15, 0.2) is 52.9 Å². The third-order valence-electron chi connectivity index (χ3n) is 3.29. The Morgan fingerprint density at radius 2 is 2.00 bits per heavy atom. The maximum Gasteiger partial charge on any atom is 0.280 e. The number of hydrogen-bond donors (Lipinski definition) is 2. The van der Waals surface area contributed by atoms with E-state index in [-0.39, 0.29) is 30.3 Å². The van der Waals surface area contributed by atoms with Gasteiger partial charge in [0.2, 0.25) is 5.91 Å². The first-order valence-corrected chi connectivity index (χ1v) is 8.11. The largest absolute Gasteiger partial charge is 0.351 e. The van der Waals surface area contributed by atoms with Gasteiger partial charge in [0.05, 0.1) is 15.8 Å². The van der Waals surface area contributed by atoms with E-state index in [0.29, 0.717) is 15.8 Å². The molecule has 0 aliphatic carbocycles. The molecule has 0 saturated heterocycles. The Morgan fingerprint density at radius 1 is 1.17 bits per heavy atom. The predicted octanol–water partition coefficient (Wildman–Crippen LogP) is 1.35. The number of benzene rings is 1. The Morgan fingerprint density at radius 3 is 2.79 bits per heavy atom. The lowest BCUT2D eigenvalue weighted by Crippen LogP contribution is -2.35. The second kappa shape index (κ2) is 7.05. The molecule has 2 amide bonds. The van der Waals surface area contributed by atoms with Crippen molar-refractivity contribution < 1.29 is 9.59 Å². The molecule has 0 spiro atoms. The Kier molecular flexibility index (Phi) is 4.66. The van der Waals surface area contributed by atoms with Crippen molar-refractivity contribution in [2.24, 2.45) is 0 Å². The van der Waals surface area contributed by atoms with Crippen LogP contribution in [0, 0.1) is 0 Å². The van der Waals surface area contributed by atoms with Crippen molar-refractivity contribution in [3.05, 3.63) is 63.3 Å². The average Bonchev–Trinajstić information content (AvgIpc) is 3.12. The van der Waals surface area contributed by atoms with Crippen molar-refractivity contribution in [1.82, 2.24) is 15.0 Å². The number of thiophene rings is 1. The van der Waals surface area contributed by atoms with E-state index in [2.05, 4.69) is 15.7 Å². The van der Waals surface area contributed by atoms with Gasteiger partial charge in [-0.25, -0.2) is 9.66 Å². The van der Waals surface area contributed by atoms with E-state index in [9.17, 15) is 14.4 Å². The molecule has 8 heteroatoms. The van der Waals surface area contributed by atoms with E-state index in [0.717, 1.165) is 4.68 Å². The van der Waals surface area contributed by atoms with Gasteiger partial charge in [0.25, 0.3) is 11.5 Å². The van der Waals surface area contributed by atoms with Gasteiger partial charge in [-0.05, 0) is 23.6 Å². The number of carbonyl (C=O) groups is 2. The van der Waals surface area contributed by atoms with Crippen LogP contribution in [0.3, 0.4) is 0 Å². The molecule has 0 aliphatic heterocycles. The zero-order valence-corrected chi connectivity index (χ0v) is 13.4. The molecule has 7 nitrogen and oxygen atoms in total. The maximum atomic E-state index is 12.2. The van der Waals surface area contributed by atoms with Gasteiger partial charge in [-0.2, -0.15) is 0 Å². The highest BCUT2D eigenvalue weighted by molar-refractivity contribution is 7.12. The number of rotatable bonds is 5.